The molecule has 4 heteroatoms. The van der Waals surface area contributed by atoms with E-state index in [4.69, 9.17) is 5.11 Å². The molecule has 2 fully saturated rings. The van der Waals surface area contributed by atoms with Crippen LogP contribution in [0, 0.1) is 5.92 Å². The maximum Gasteiger partial charge on any atom is 0.0895 e. The van der Waals surface area contributed by atoms with E-state index in [-0.39, 0.29) is 6.61 Å². The molecule has 1 saturated heterocycles. The summed E-state index contributed by atoms with van der Waals surface area (Å²) in [5.74, 6) is 0.716. The van der Waals surface area contributed by atoms with E-state index in [9.17, 15) is 5.11 Å². The molecule has 4 atom stereocenters. The van der Waals surface area contributed by atoms with Gasteiger partial charge in [-0.1, -0.05) is 6.42 Å². The van der Waals surface area contributed by atoms with Gasteiger partial charge in [0.25, 0.3) is 0 Å². The van der Waals surface area contributed by atoms with Crippen LogP contribution in [-0.2, 0) is 0 Å². The van der Waals surface area contributed by atoms with Gasteiger partial charge in [0.15, 0.2) is 0 Å². The van der Waals surface area contributed by atoms with Crippen LogP contribution in [0.1, 0.15) is 32.1 Å². The van der Waals surface area contributed by atoms with E-state index in [1.54, 1.807) is 0 Å². The number of hydrogen-bond acceptors (Lipinski definition) is 4. The zero-order chi connectivity index (χ0) is 11.4. The number of rotatable bonds is 5. The molecule has 1 saturated carbocycles. The molecule has 2 aliphatic rings. The molecule has 0 aromatic rings. The van der Waals surface area contributed by atoms with Crippen LogP contribution in [0.15, 0.2) is 0 Å². The highest BCUT2D eigenvalue weighted by Crippen LogP contribution is 2.31. The highest BCUT2D eigenvalue weighted by atomic mass is 16.3. The van der Waals surface area contributed by atoms with Crippen LogP contribution in [0.2, 0.25) is 0 Å². The Hall–Kier alpha value is -0.160. The Morgan fingerprint density at radius 2 is 2.12 bits per heavy atom. The van der Waals surface area contributed by atoms with E-state index < -0.39 is 6.10 Å². The first-order valence-corrected chi connectivity index (χ1v) is 6.57. The highest BCUT2D eigenvalue weighted by Gasteiger charge is 2.34. The van der Waals surface area contributed by atoms with Crippen molar-refractivity contribution in [2.45, 2.75) is 50.3 Å². The first-order chi connectivity index (χ1) is 7.81. The summed E-state index contributed by atoms with van der Waals surface area (Å²) in [5.41, 5.74) is 0. The van der Waals surface area contributed by atoms with Crippen molar-refractivity contribution in [3.8, 4) is 0 Å². The molecule has 2 rings (SSSR count). The predicted molar refractivity (Wildman–Crippen MR) is 63.2 cm³/mol. The maximum absolute atomic E-state index is 9.34. The van der Waals surface area contributed by atoms with Crippen molar-refractivity contribution in [3.63, 3.8) is 0 Å². The lowest BCUT2D eigenvalue weighted by molar-refractivity contribution is 0.0896. The normalized spacial score (nSPS) is 36.8. The Morgan fingerprint density at radius 3 is 2.81 bits per heavy atom. The Balaban J connectivity index is 1.78. The van der Waals surface area contributed by atoms with Crippen molar-refractivity contribution in [3.05, 3.63) is 0 Å². The summed E-state index contributed by atoms with van der Waals surface area (Å²) >= 11 is 0. The fraction of sp³-hybridized carbons (Fsp3) is 1.00. The quantitative estimate of drug-likeness (QED) is 0.528. The number of aliphatic hydroxyl groups is 2. The Bertz CT molecular complexity index is 207. The van der Waals surface area contributed by atoms with Gasteiger partial charge >= 0.3 is 0 Å². The molecule has 0 radical (unpaired) electrons. The average molecular weight is 228 g/mol. The third kappa shape index (κ3) is 2.94. The second-order valence-electron chi connectivity index (χ2n) is 5.15. The monoisotopic (exact) mass is 228 g/mol. The number of nitrogens with one attached hydrogen (secondary N) is 2. The van der Waals surface area contributed by atoms with E-state index in [1.165, 1.54) is 32.1 Å². The lowest BCUT2D eigenvalue weighted by Gasteiger charge is -2.27. The summed E-state index contributed by atoms with van der Waals surface area (Å²) in [6, 6.07) is 1.20. The molecule has 0 aromatic heterocycles. The minimum Gasteiger partial charge on any atom is -0.394 e. The van der Waals surface area contributed by atoms with Crippen LogP contribution in [-0.4, -0.2) is 48.1 Å². The number of hydrogen-bond donors (Lipinski definition) is 4. The summed E-state index contributed by atoms with van der Waals surface area (Å²) < 4.78 is 0. The zero-order valence-electron chi connectivity index (χ0n) is 9.86. The van der Waals surface area contributed by atoms with Gasteiger partial charge in [0.1, 0.15) is 0 Å². The molecule has 4 unspecified atom stereocenters. The molecule has 94 valence electrons. The lowest BCUT2D eigenvalue weighted by Crippen LogP contribution is -2.44. The first-order valence-electron chi connectivity index (χ1n) is 6.57. The minimum absolute atomic E-state index is 0.147. The van der Waals surface area contributed by atoms with Crippen molar-refractivity contribution < 1.29 is 10.2 Å². The Kier molecular flexibility index (Phi) is 4.58. The SMILES string of the molecule is OCC(O)CNC1CCCC1C1CCCN1. The molecule has 1 aliphatic carbocycles. The molecule has 1 aliphatic heterocycles. The second-order valence-corrected chi connectivity index (χ2v) is 5.15. The second kappa shape index (κ2) is 5.96. The van der Waals surface area contributed by atoms with E-state index in [0.717, 1.165) is 6.54 Å². The average Bonchev–Trinajstić information content (AvgIpc) is 2.95. The zero-order valence-corrected chi connectivity index (χ0v) is 9.86. The van der Waals surface area contributed by atoms with E-state index >= 15 is 0 Å². The molecule has 0 bridgehead atoms. The topological polar surface area (TPSA) is 64.5 Å². The van der Waals surface area contributed by atoms with E-state index in [0.29, 0.717) is 24.5 Å². The molecule has 1 heterocycles. The first kappa shape index (κ1) is 12.3. The van der Waals surface area contributed by atoms with Gasteiger partial charge in [-0.3, -0.25) is 0 Å². The summed E-state index contributed by atoms with van der Waals surface area (Å²) in [6.45, 7) is 1.53. The van der Waals surface area contributed by atoms with Crippen LogP contribution in [0.25, 0.3) is 0 Å². The largest absolute Gasteiger partial charge is 0.394 e. The highest BCUT2D eigenvalue weighted by molar-refractivity contribution is 4.93. The van der Waals surface area contributed by atoms with Crippen LogP contribution < -0.4 is 10.6 Å². The van der Waals surface area contributed by atoms with Gasteiger partial charge in [0, 0.05) is 18.6 Å². The van der Waals surface area contributed by atoms with Gasteiger partial charge < -0.3 is 20.8 Å². The Labute approximate surface area is 97.4 Å². The lowest BCUT2D eigenvalue weighted by atomic mass is 9.93. The molecule has 16 heavy (non-hydrogen) atoms. The maximum atomic E-state index is 9.34. The van der Waals surface area contributed by atoms with Crippen molar-refractivity contribution in [1.29, 1.82) is 0 Å². The molecule has 0 amide bonds. The van der Waals surface area contributed by atoms with Crippen molar-refractivity contribution in [1.82, 2.24) is 10.6 Å². The van der Waals surface area contributed by atoms with Gasteiger partial charge in [-0.2, -0.15) is 0 Å². The minimum atomic E-state index is -0.613. The molecule has 0 aromatic carbocycles. The fourth-order valence-corrected chi connectivity index (χ4v) is 3.15. The van der Waals surface area contributed by atoms with Crippen LogP contribution in [0.4, 0.5) is 0 Å². The molecule has 4 N–H and O–H groups in total. The van der Waals surface area contributed by atoms with Crippen LogP contribution >= 0.6 is 0 Å². The fourth-order valence-electron chi connectivity index (χ4n) is 3.15. The standard InChI is InChI=1S/C12H24N2O2/c15-8-9(16)7-14-12-4-1-3-10(12)11-5-2-6-13-11/h9-16H,1-8H2. The molecular formula is C12H24N2O2. The van der Waals surface area contributed by atoms with E-state index in [1.807, 2.05) is 0 Å². The summed E-state index contributed by atoms with van der Waals surface area (Å²) in [6.07, 6.45) is 5.78. The van der Waals surface area contributed by atoms with E-state index in [2.05, 4.69) is 10.6 Å². The number of aliphatic hydroxyl groups excluding tert-OH is 2. The van der Waals surface area contributed by atoms with Crippen LogP contribution in [0.3, 0.4) is 0 Å². The summed E-state index contributed by atoms with van der Waals surface area (Å²) in [7, 11) is 0. The van der Waals surface area contributed by atoms with Gasteiger partial charge in [0.2, 0.25) is 0 Å². The molecule has 0 spiro atoms. The molecular weight excluding hydrogens is 204 g/mol. The predicted octanol–water partition coefficient (Wildman–Crippen LogP) is -0.150. The molecule has 4 nitrogen and oxygen atoms in total. The summed E-state index contributed by atoms with van der Waals surface area (Å²) in [5, 5.41) is 25.1. The summed E-state index contributed by atoms with van der Waals surface area (Å²) in [4.78, 5) is 0. The van der Waals surface area contributed by atoms with Gasteiger partial charge in [-0.15, -0.1) is 0 Å². The van der Waals surface area contributed by atoms with Crippen molar-refractivity contribution in [2.75, 3.05) is 19.7 Å². The van der Waals surface area contributed by atoms with Gasteiger partial charge in [0.05, 0.1) is 12.7 Å². The van der Waals surface area contributed by atoms with Crippen LogP contribution in [0.5, 0.6) is 0 Å². The van der Waals surface area contributed by atoms with Crippen molar-refractivity contribution >= 4 is 0 Å². The Morgan fingerprint density at radius 1 is 1.25 bits per heavy atom. The van der Waals surface area contributed by atoms with Gasteiger partial charge in [-0.05, 0) is 38.1 Å². The van der Waals surface area contributed by atoms with Crippen molar-refractivity contribution in [2.24, 2.45) is 5.92 Å². The third-order valence-electron chi connectivity index (χ3n) is 4.01. The van der Waals surface area contributed by atoms with Gasteiger partial charge in [-0.25, -0.2) is 0 Å². The smallest absolute Gasteiger partial charge is 0.0895 e. The third-order valence-corrected chi connectivity index (χ3v) is 4.01.